The summed E-state index contributed by atoms with van der Waals surface area (Å²) in [6.07, 6.45) is -2.57. The van der Waals surface area contributed by atoms with E-state index in [1.165, 1.54) is 0 Å². The average Bonchev–Trinajstić information content (AvgIpc) is 2.26. The number of halogens is 3. The molecule has 1 saturated heterocycles. The second kappa shape index (κ2) is 6.38. The maximum atomic E-state index is 11.8. The van der Waals surface area contributed by atoms with Crippen LogP contribution in [0.5, 0.6) is 0 Å². The van der Waals surface area contributed by atoms with Gasteiger partial charge in [0, 0.05) is 19.8 Å². The minimum Gasteiger partial charge on any atom is -0.381 e. The van der Waals surface area contributed by atoms with E-state index in [0.717, 1.165) is 12.8 Å². The largest absolute Gasteiger partial charge is 0.405 e. The Bertz CT molecular complexity index is 276. The third-order valence-corrected chi connectivity index (χ3v) is 3.02. The molecule has 0 atom stereocenters. The van der Waals surface area contributed by atoms with Crippen LogP contribution in [-0.4, -0.2) is 44.9 Å². The highest BCUT2D eigenvalue weighted by Crippen LogP contribution is 2.28. The highest BCUT2D eigenvalue weighted by molar-refractivity contribution is 5.78. The van der Waals surface area contributed by atoms with Gasteiger partial charge in [-0.3, -0.25) is 4.79 Å². The second-order valence-corrected chi connectivity index (χ2v) is 4.92. The Morgan fingerprint density at radius 1 is 1.33 bits per heavy atom. The first kappa shape index (κ1) is 15.2. The van der Waals surface area contributed by atoms with Crippen LogP contribution < -0.4 is 10.6 Å². The summed E-state index contributed by atoms with van der Waals surface area (Å²) < 4.78 is 40.8. The van der Waals surface area contributed by atoms with Crippen LogP contribution in [0.3, 0.4) is 0 Å². The van der Waals surface area contributed by atoms with E-state index in [4.69, 9.17) is 4.74 Å². The smallest absolute Gasteiger partial charge is 0.381 e. The Kier molecular flexibility index (Phi) is 5.40. The first-order chi connectivity index (χ1) is 8.31. The molecule has 2 N–H and O–H groups in total. The Morgan fingerprint density at radius 2 is 1.94 bits per heavy atom. The molecule has 0 saturated carbocycles. The highest BCUT2D eigenvalue weighted by atomic mass is 19.4. The second-order valence-electron chi connectivity index (χ2n) is 4.92. The van der Waals surface area contributed by atoms with Gasteiger partial charge in [-0.1, -0.05) is 6.92 Å². The van der Waals surface area contributed by atoms with Crippen molar-refractivity contribution in [2.45, 2.75) is 25.9 Å². The lowest BCUT2D eigenvalue weighted by Gasteiger charge is -2.33. The Labute approximate surface area is 104 Å². The molecule has 0 aromatic carbocycles. The SMILES string of the molecule is CC1(CNCC(=O)NCC(F)(F)F)CCOCC1. The quantitative estimate of drug-likeness (QED) is 0.784. The monoisotopic (exact) mass is 268 g/mol. The maximum Gasteiger partial charge on any atom is 0.405 e. The minimum atomic E-state index is -4.36. The number of hydrogen-bond acceptors (Lipinski definition) is 3. The average molecular weight is 268 g/mol. The molecule has 1 rings (SSSR count). The lowest BCUT2D eigenvalue weighted by molar-refractivity contribution is -0.137. The molecule has 0 spiro atoms. The van der Waals surface area contributed by atoms with Crippen molar-refractivity contribution in [2.75, 3.05) is 32.8 Å². The number of alkyl halides is 3. The molecule has 1 aliphatic heterocycles. The lowest BCUT2D eigenvalue weighted by atomic mass is 9.82. The number of carbonyl (C=O) groups excluding carboxylic acids is 1. The fourth-order valence-corrected chi connectivity index (χ4v) is 1.78. The topological polar surface area (TPSA) is 50.4 Å². The van der Waals surface area contributed by atoms with Crippen LogP contribution in [0.15, 0.2) is 0 Å². The van der Waals surface area contributed by atoms with E-state index >= 15 is 0 Å². The van der Waals surface area contributed by atoms with Crippen LogP contribution in [0.25, 0.3) is 0 Å². The van der Waals surface area contributed by atoms with Crippen molar-refractivity contribution in [1.29, 1.82) is 0 Å². The molecule has 106 valence electrons. The zero-order valence-corrected chi connectivity index (χ0v) is 10.4. The van der Waals surface area contributed by atoms with E-state index < -0.39 is 18.6 Å². The molecule has 0 unspecified atom stereocenters. The summed E-state index contributed by atoms with van der Waals surface area (Å²) in [4.78, 5) is 11.1. The molecule has 18 heavy (non-hydrogen) atoms. The van der Waals surface area contributed by atoms with Crippen molar-refractivity contribution in [1.82, 2.24) is 10.6 Å². The number of hydrogen-bond donors (Lipinski definition) is 2. The molecule has 0 bridgehead atoms. The van der Waals surface area contributed by atoms with Gasteiger partial charge in [0.05, 0.1) is 6.54 Å². The van der Waals surface area contributed by atoms with Crippen LogP contribution in [0.1, 0.15) is 19.8 Å². The summed E-state index contributed by atoms with van der Waals surface area (Å²) in [7, 11) is 0. The number of ether oxygens (including phenoxy) is 1. The molecule has 1 fully saturated rings. The van der Waals surface area contributed by atoms with Crippen molar-refractivity contribution in [3.63, 3.8) is 0 Å². The summed E-state index contributed by atoms with van der Waals surface area (Å²) in [5.41, 5.74) is 0.0581. The Hall–Kier alpha value is -0.820. The third-order valence-electron chi connectivity index (χ3n) is 3.02. The van der Waals surface area contributed by atoms with E-state index in [0.29, 0.717) is 19.8 Å². The first-order valence-electron chi connectivity index (χ1n) is 5.93. The summed E-state index contributed by atoms with van der Waals surface area (Å²) >= 11 is 0. The van der Waals surface area contributed by atoms with Gasteiger partial charge in [0.1, 0.15) is 6.54 Å². The van der Waals surface area contributed by atoms with Crippen molar-refractivity contribution < 1.29 is 22.7 Å². The zero-order valence-electron chi connectivity index (χ0n) is 10.4. The van der Waals surface area contributed by atoms with E-state index in [1.807, 2.05) is 5.32 Å². The first-order valence-corrected chi connectivity index (χ1v) is 5.93. The summed E-state index contributed by atoms with van der Waals surface area (Å²) in [6, 6.07) is 0. The molecule has 0 radical (unpaired) electrons. The molecular weight excluding hydrogens is 249 g/mol. The predicted molar refractivity (Wildman–Crippen MR) is 60.1 cm³/mol. The predicted octanol–water partition coefficient (Wildman–Crippen LogP) is 1.07. The molecule has 1 amide bonds. The van der Waals surface area contributed by atoms with E-state index in [9.17, 15) is 18.0 Å². The van der Waals surface area contributed by atoms with Crippen LogP contribution in [0.2, 0.25) is 0 Å². The zero-order chi connectivity index (χ0) is 13.6. The van der Waals surface area contributed by atoms with Gasteiger partial charge >= 0.3 is 6.18 Å². The standard InChI is InChI=1S/C11H19F3N2O2/c1-10(2-4-18-5-3-10)7-15-6-9(17)16-8-11(12,13)14/h15H,2-8H2,1H3,(H,16,17). The molecule has 0 aromatic heterocycles. The molecule has 1 heterocycles. The Morgan fingerprint density at radius 3 is 2.50 bits per heavy atom. The fourth-order valence-electron chi connectivity index (χ4n) is 1.78. The van der Waals surface area contributed by atoms with Crippen molar-refractivity contribution >= 4 is 5.91 Å². The van der Waals surface area contributed by atoms with Crippen LogP contribution in [0, 0.1) is 5.41 Å². The van der Waals surface area contributed by atoms with Gasteiger partial charge in [-0.2, -0.15) is 13.2 Å². The van der Waals surface area contributed by atoms with Crippen LogP contribution >= 0.6 is 0 Å². The van der Waals surface area contributed by atoms with Gasteiger partial charge in [-0.25, -0.2) is 0 Å². The third kappa shape index (κ3) is 6.20. The number of amides is 1. The molecule has 4 nitrogen and oxygen atoms in total. The van der Waals surface area contributed by atoms with E-state index in [-0.39, 0.29) is 12.0 Å². The van der Waals surface area contributed by atoms with Crippen molar-refractivity contribution in [3.8, 4) is 0 Å². The molecular formula is C11H19F3N2O2. The van der Waals surface area contributed by atoms with Crippen LogP contribution in [-0.2, 0) is 9.53 Å². The fraction of sp³-hybridized carbons (Fsp3) is 0.909. The molecule has 0 aromatic rings. The number of nitrogens with one attached hydrogen (secondary N) is 2. The van der Waals surface area contributed by atoms with Crippen molar-refractivity contribution in [2.24, 2.45) is 5.41 Å². The normalized spacial score (nSPS) is 19.6. The van der Waals surface area contributed by atoms with Gasteiger partial charge < -0.3 is 15.4 Å². The van der Waals surface area contributed by atoms with Gasteiger partial charge in [0.25, 0.3) is 0 Å². The molecule has 1 aliphatic rings. The van der Waals surface area contributed by atoms with Crippen molar-refractivity contribution in [3.05, 3.63) is 0 Å². The molecule has 0 aliphatic carbocycles. The van der Waals surface area contributed by atoms with Gasteiger partial charge in [0.15, 0.2) is 0 Å². The Balaban J connectivity index is 2.15. The maximum absolute atomic E-state index is 11.8. The van der Waals surface area contributed by atoms with Gasteiger partial charge in [-0.15, -0.1) is 0 Å². The van der Waals surface area contributed by atoms with Gasteiger partial charge in [0.2, 0.25) is 5.91 Å². The summed E-state index contributed by atoms with van der Waals surface area (Å²) in [5.74, 6) is -0.636. The van der Waals surface area contributed by atoms with E-state index in [2.05, 4.69) is 12.2 Å². The molecule has 7 heteroatoms. The summed E-state index contributed by atoms with van der Waals surface area (Å²) in [6.45, 7) is 2.70. The van der Waals surface area contributed by atoms with E-state index in [1.54, 1.807) is 0 Å². The van der Waals surface area contributed by atoms with Crippen LogP contribution in [0.4, 0.5) is 13.2 Å². The number of carbonyl (C=O) groups is 1. The lowest BCUT2D eigenvalue weighted by Crippen LogP contribution is -2.43. The van der Waals surface area contributed by atoms with Gasteiger partial charge in [-0.05, 0) is 18.3 Å². The minimum absolute atomic E-state index is 0.0581. The number of rotatable bonds is 5. The summed E-state index contributed by atoms with van der Waals surface area (Å²) in [5, 5.41) is 4.72. The highest BCUT2D eigenvalue weighted by Gasteiger charge is 2.28.